The van der Waals surface area contributed by atoms with Crippen LogP contribution in [0.4, 0.5) is 19.0 Å². The molecule has 0 radical (unpaired) electrons. The third-order valence-corrected chi connectivity index (χ3v) is 2.14. The number of halogens is 3. The van der Waals surface area contributed by atoms with E-state index in [1.165, 1.54) is 12.3 Å². The molecule has 0 saturated carbocycles. The molecule has 2 heterocycles. The summed E-state index contributed by atoms with van der Waals surface area (Å²) in [4.78, 5) is 3.84. The van der Waals surface area contributed by atoms with Crippen molar-refractivity contribution in [3.8, 4) is 5.82 Å². The number of nitrogens with zero attached hydrogens (tertiary/aromatic N) is 3. The van der Waals surface area contributed by atoms with Crippen molar-refractivity contribution in [1.29, 1.82) is 0 Å². The zero-order chi connectivity index (χ0) is 12.6. The Kier molecular flexibility index (Phi) is 2.53. The highest BCUT2D eigenvalue weighted by atomic mass is 19.4. The fraction of sp³-hybridized carbons (Fsp3) is 0.200. The minimum atomic E-state index is -4.52. The van der Waals surface area contributed by atoms with Crippen LogP contribution in [0.25, 0.3) is 5.82 Å². The van der Waals surface area contributed by atoms with E-state index in [0.29, 0.717) is 4.68 Å². The van der Waals surface area contributed by atoms with Gasteiger partial charge >= 0.3 is 6.18 Å². The number of aromatic nitrogens is 3. The Bertz CT molecular complexity index is 545. The van der Waals surface area contributed by atoms with Gasteiger partial charge in [0.05, 0.1) is 0 Å². The zero-order valence-corrected chi connectivity index (χ0v) is 8.86. The van der Waals surface area contributed by atoms with Gasteiger partial charge in [-0.3, -0.25) is 0 Å². The number of anilines is 1. The molecular formula is C10H9F3N4. The summed E-state index contributed by atoms with van der Waals surface area (Å²) in [7, 11) is 0. The van der Waals surface area contributed by atoms with E-state index in [9.17, 15) is 13.2 Å². The molecule has 0 bridgehead atoms. The van der Waals surface area contributed by atoms with Gasteiger partial charge < -0.3 is 5.73 Å². The van der Waals surface area contributed by atoms with E-state index in [-0.39, 0.29) is 11.6 Å². The Balaban J connectivity index is 2.60. The number of nitrogen functional groups attached to an aromatic ring is 1. The van der Waals surface area contributed by atoms with Crippen LogP contribution in [0.2, 0.25) is 0 Å². The lowest BCUT2D eigenvalue weighted by Gasteiger charge is -2.09. The Morgan fingerprint density at radius 3 is 2.59 bits per heavy atom. The molecule has 7 heteroatoms. The molecule has 4 nitrogen and oxygen atoms in total. The van der Waals surface area contributed by atoms with E-state index >= 15 is 0 Å². The highest BCUT2D eigenvalue weighted by Crippen LogP contribution is 2.31. The smallest absolute Gasteiger partial charge is 0.382 e. The molecule has 0 spiro atoms. The topological polar surface area (TPSA) is 56.7 Å². The van der Waals surface area contributed by atoms with E-state index < -0.39 is 11.9 Å². The van der Waals surface area contributed by atoms with Gasteiger partial charge in [0.15, 0.2) is 11.5 Å². The van der Waals surface area contributed by atoms with Crippen LogP contribution in [-0.2, 0) is 6.18 Å². The van der Waals surface area contributed by atoms with Crippen LogP contribution in [0.5, 0.6) is 0 Å². The predicted octanol–water partition coefficient (Wildman–Crippen LogP) is 2.18. The third-order valence-electron chi connectivity index (χ3n) is 2.14. The fourth-order valence-corrected chi connectivity index (χ4v) is 1.41. The molecule has 0 atom stereocenters. The van der Waals surface area contributed by atoms with Crippen LogP contribution in [0.1, 0.15) is 11.3 Å². The first kappa shape index (κ1) is 11.4. The molecule has 0 aliphatic carbocycles. The normalized spacial score (nSPS) is 11.8. The molecular weight excluding hydrogens is 233 g/mol. The Hall–Kier alpha value is -2.05. The Morgan fingerprint density at radius 1 is 1.29 bits per heavy atom. The van der Waals surface area contributed by atoms with Crippen molar-refractivity contribution in [3.05, 3.63) is 35.7 Å². The summed E-state index contributed by atoms with van der Waals surface area (Å²) in [6.07, 6.45) is -3.10. The lowest BCUT2D eigenvalue weighted by atomic mass is 10.3. The van der Waals surface area contributed by atoms with Crippen molar-refractivity contribution in [2.45, 2.75) is 13.1 Å². The average molecular weight is 242 g/mol. The monoisotopic (exact) mass is 242 g/mol. The second kappa shape index (κ2) is 3.76. The second-order valence-electron chi connectivity index (χ2n) is 3.56. The Morgan fingerprint density at radius 2 is 2.00 bits per heavy atom. The third kappa shape index (κ3) is 2.22. The SMILES string of the molecule is Cc1ccnc(-n2nc(N)cc2C(F)(F)F)c1. The quantitative estimate of drug-likeness (QED) is 0.833. The lowest BCUT2D eigenvalue weighted by molar-refractivity contribution is -0.142. The molecule has 90 valence electrons. The maximum absolute atomic E-state index is 12.7. The van der Waals surface area contributed by atoms with Gasteiger partial charge in [0.2, 0.25) is 0 Å². The number of hydrogen-bond donors (Lipinski definition) is 1. The van der Waals surface area contributed by atoms with Gasteiger partial charge in [0.25, 0.3) is 0 Å². The van der Waals surface area contributed by atoms with Crippen molar-refractivity contribution in [2.24, 2.45) is 0 Å². The first-order valence-electron chi connectivity index (χ1n) is 4.73. The van der Waals surface area contributed by atoms with Crippen LogP contribution < -0.4 is 5.73 Å². The fourth-order valence-electron chi connectivity index (χ4n) is 1.41. The summed E-state index contributed by atoms with van der Waals surface area (Å²) in [6.45, 7) is 1.76. The summed E-state index contributed by atoms with van der Waals surface area (Å²) < 4.78 is 38.8. The number of nitrogens with two attached hydrogens (primary N) is 1. The first-order valence-corrected chi connectivity index (χ1v) is 4.73. The van der Waals surface area contributed by atoms with Crippen molar-refractivity contribution < 1.29 is 13.2 Å². The van der Waals surface area contributed by atoms with Crippen molar-refractivity contribution in [2.75, 3.05) is 5.73 Å². The molecule has 0 aromatic carbocycles. The molecule has 2 N–H and O–H groups in total. The summed E-state index contributed by atoms with van der Waals surface area (Å²) in [6, 6.07) is 3.97. The number of alkyl halides is 3. The predicted molar refractivity (Wildman–Crippen MR) is 55.5 cm³/mol. The number of rotatable bonds is 1. The van der Waals surface area contributed by atoms with Crippen LogP contribution >= 0.6 is 0 Å². The van der Waals surface area contributed by atoms with Gasteiger partial charge in [0.1, 0.15) is 5.82 Å². The van der Waals surface area contributed by atoms with E-state index in [1.807, 2.05) is 0 Å². The molecule has 2 aromatic rings. The summed E-state index contributed by atoms with van der Waals surface area (Å²) in [5.74, 6) is -0.102. The molecule has 17 heavy (non-hydrogen) atoms. The van der Waals surface area contributed by atoms with E-state index in [1.54, 1.807) is 13.0 Å². The van der Waals surface area contributed by atoms with Crippen molar-refractivity contribution in [1.82, 2.24) is 14.8 Å². The number of aryl methyl sites for hydroxylation is 1. The van der Waals surface area contributed by atoms with Crippen molar-refractivity contribution >= 4 is 5.82 Å². The standard InChI is InChI=1S/C10H9F3N4/c1-6-2-3-15-9(4-6)17-7(10(11,12)13)5-8(14)16-17/h2-5H,1H3,(H2,14,16). The van der Waals surface area contributed by atoms with Gasteiger partial charge in [-0.2, -0.15) is 13.2 Å². The molecule has 0 saturated heterocycles. The first-order chi connectivity index (χ1) is 7.88. The molecule has 0 aliphatic heterocycles. The highest BCUT2D eigenvalue weighted by Gasteiger charge is 2.36. The second-order valence-corrected chi connectivity index (χ2v) is 3.56. The molecule has 2 rings (SSSR count). The Labute approximate surface area is 94.9 Å². The van der Waals surface area contributed by atoms with Crippen molar-refractivity contribution in [3.63, 3.8) is 0 Å². The molecule has 2 aromatic heterocycles. The molecule has 0 amide bonds. The maximum Gasteiger partial charge on any atom is 0.433 e. The zero-order valence-electron chi connectivity index (χ0n) is 8.86. The summed E-state index contributed by atoms with van der Waals surface area (Å²) >= 11 is 0. The lowest BCUT2D eigenvalue weighted by Crippen LogP contribution is -2.14. The van der Waals surface area contributed by atoms with Crippen LogP contribution in [-0.4, -0.2) is 14.8 Å². The van der Waals surface area contributed by atoms with Gasteiger partial charge in [-0.15, -0.1) is 5.10 Å². The summed E-state index contributed by atoms with van der Waals surface area (Å²) in [5.41, 5.74) is 5.14. The summed E-state index contributed by atoms with van der Waals surface area (Å²) in [5, 5.41) is 3.60. The largest absolute Gasteiger partial charge is 0.433 e. The van der Waals surface area contributed by atoms with Crippen LogP contribution in [0.3, 0.4) is 0 Å². The van der Waals surface area contributed by atoms with Gasteiger partial charge in [-0.1, -0.05) is 0 Å². The van der Waals surface area contributed by atoms with Gasteiger partial charge in [-0.25, -0.2) is 9.67 Å². The van der Waals surface area contributed by atoms with Gasteiger partial charge in [0, 0.05) is 12.3 Å². The molecule has 0 aliphatic rings. The molecule has 0 fully saturated rings. The number of hydrogen-bond acceptors (Lipinski definition) is 3. The average Bonchev–Trinajstić information content (AvgIpc) is 2.60. The van der Waals surface area contributed by atoms with Crippen LogP contribution in [0.15, 0.2) is 24.4 Å². The van der Waals surface area contributed by atoms with E-state index in [4.69, 9.17) is 5.73 Å². The number of pyridine rings is 1. The van der Waals surface area contributed by atoms with Gasteiger partial charge in [-0.05, 0) is 24.6 Å². The van der Waals surface area contributed by atoms with E-state index in [0.717, 1.165) is 11.6 Å². The maximum atomic E-state index is 12.7. The minimum Gasteiger partial charge on any atom is -0.382 e. The van der Waals surface area contributed by atoms with Crippen LogP contribution in [0, 0.1) is 6.92 Å². The highest BCUT2D eigenvalue weighted by molar-refractivity contribution is 5.37. The minimum absolute atomic E-state index is 0.0917. The van der Waals surface area contributed by atoms with E-state index in [2.05, 4.69) is 10.1 Å². The molecule has 0 unspecified atom stereocenters.